The first-order valence-electron chi connectivity index (χ1n) is 7.48. The summed E-state index contributed by atoms with van der Waals surface area (Å²) < 4.78 is 16.5. The summed E-state index contributed by atoms with van der Waals surface area (Å²) in [4.78, 5) is 13.5. The van der Waals surface area contributed by atoms with E-state index in [-0.39, 0.29) is 12.5 Å². The van der Waals surface area contributed by atoms with Gasteiger partial charge in [0.05, 0.1) is 6.61 Å². The van der Waals surface area contributed by atoms with Crippen LogP contribution >= 0.6 is 0 Å². The van der Waals surface area contributed by atoms with Gasteiger partial charge in [-0.2, -0.15) is 0 Å². The van der Waals surface area contributed by atoms with Crippen molar-refractivity contribution in [2.24, 2.45) is 0 Å². The van der Waals surface area contributed by atoms with Crippen LogP contribution in [0.2, 0.25) is 0 Å². The van der Waals surface area contributed by atoms with Crippen LogP contribution in [0.15, 0.2) is 18.2 Å². The van der Waals surface area contributed by atoms with Gasteiger partial charge < -0.3 is 19.1 Å². The fourth-order valence-electron chi connectivity index (χ4n) is 2.26. The average Bonchev–Trinajstić information content (AvgIpc) is 2.52. The van der Waals surface area contributed by atoms with Crippen molar-refractivity contribution in [2.45, 2.75) is 20.3 Å². The molecular formula is C16H23NO4. The zero-order valence-corrected chi connectivity index (χ0v) is 12.8. The van der Waals surface area contributed by atoms with Gasteiger partial charge in [-0.05, 0) is 38.0 Å². The Labute approximate surface area is 125 Å². The number of nitrogens with zero attached hydrogens (tertiary/aromatic N) is 1. The van der Waals surface area contributed by atoms with Gasteiger partial charge in [-0.1, -0.05) is 6.07 Å². The highest BCUT2D eigenvalue weighted by molar-refractivity contribution is 5.77. The summed E-state index contributed by atoms with van der Waals surface area (Å²) in [6, 6.07) is 5.90. The van der Waals surface area contributed by atoms with E-state index in [0.29, 0.717) is 19.8 Å². The van der Waals surface area contributed by atoms with Crippen LogP contribution in [0, 0.1) is 0 Å². The van der Waals surface area contributed by atoms with E-state index in [1.807, 2.05) is 32.0 Å². The van der Waals surface area contributed by atoms with Gasteiger partial charge in [0.15, 0.2) is 11.5 Å². The molecule has 0 aromatic heterocycles. The first-order chi connectivity index (χ1) is 10.2. The lowest BCUT2D eigenvalue weighted by molar-refractivity contribution is -0.135. The molecule has 116 valence electrons. The molecule has 2 rings (SSSR count). The average molecular weight is 293 g/mol. The van der Waals surface area contributed by atoms with Crippen LogP contribution in [0.5, 0.6) is 11.5 Å². The maximum absolute atomic E-state index is 11.8. The molecule has 0 saturated carbocycles. The van der Waals surface area contributed by atoms with Gasteiger partial charge >= 0.3 is 0 Å². The van der Waals surface area contributed by atoms with Crippen LogP contribution < -0.4 is 9.47 Å². The minimum absolute atomic E-state index is 0.0437. The minimum atomic E-state index is 0.0437. The third-order valence-electron chi connectivity index (χ3n) is 3.48. The number of carbonyl (C=O) groups is 1. The lowest BCUT2D eigenvalue weighted by Crippen LogP contribution is -2.33. The summed E-state index contributed by atoms with van der Waals surface area (Å²) in [7, 11) is 0. The Morgan fingerprint density at radius 1 is 1.19 bits per heavy atom. The number of likely N-dealkylation sites (N-methyl/N-ethyl adjacent to an activating group) is 1. The van der Waals surface area contributed by atoms with Crippen LogP contribution in [-0.2, 0) is 16.0 Å². The Morgan fingerprint density at radius 3 is 2.62 bits per heavy atom. The van der Waals surface area contributed by atoms with Gasteiger partial charge in [-0.3, -0.25) is 4.79 Å². The van der Waals surface area contributed by atoms with Gasteiger partial charge in [0.2, 0.25) is 5.91 Å². The summed E-state index contributed by atoms with van der Waals surface area (Å²) >= 11 is 0. The molecule has 1 aliphatic heterocycles. The molecule has 0 fully saturated rings. The SMILES string of the molecule is CCN(CC)C(=O)COCCc1ccc2c(c1)OCCO2. The monoisotopic (exact) mass is 293 g/mol. The van der Waals surface area contributed by atoms with Crippen molar-refractivity contribution in [2.75, 3.05) is 39.5 Å². The normalized spacial score (nSPS) is 13.0. The van der Waals surface area contributed by atoms with Gasteiger partial charge in [0.25, 0.3) is 0 Å². The van der Waals surface area contributed by atoms with E-state index >= 15 is 0 Å². The van der Waals surface area contributed by atoms with Crippen LogP contribution in [0.1, 0.15) is 19.4 Å². The van der Waals surface area contributed by atoms with Crippen molar-refractivity contribution in [3.05, 3.63) is 23.8 Å². The molecule has 0 unspecified atom stereocenters. The van der Waals surface area contributed by atoms with Gasteiger partial charge in [0, 0.05) is 13.1 Å². The summed E-state index contributed by atoms with van der Waals surface area (Å²) in [5.74, 6) is 1.63. The molecule has 0 saturated heterocycles. The zero-order chi connectivity index (χ0) is 15.1. The Hall–Kier alpha value is -1.75. The number of benzene rings is 1. The Morgan fingerprint density at radius 2 is 1.90 bits per heavy atom. The second-order valence-electron chi connectivity index (χ2n) is 4.85. The Kier molecular flexibility index (Phi) is 5.87. The number of hydrogen-bond donors (Lipinski definition) is 0. The maximum Gasteiger partial charge on any atom is 0.248 e. The second-order valence-corrected chi connectivity index (χ2v) is 4.85. The van der Waals surface area contributed by atoms with Crippen LogP contribution in [-0.4, -0.2) is 50.3 Å². The minimum Gasteiger partial charge on any atom is -0.486 e. The molecular weight excluding hydrogens is 270 g/mol. The quantitative estimate of drug-likeness (QED) is 0.720. The molecule has 0 atom stereocenters. The highest BCUT2D eigenvalue weighted by Gasteiger charge is 2.12. The smallest absolute Gasteiger partial charge is 0.248 e. The molecule has 0 spiro atoms. The van der Waals surface area contributed by atoms with E-state index in [9.17, 15) is 4.79 Å². The molecule has 0 bridgehead atoms. The Balaban J connectivity index is 1.75. The zero-order valence-electron chi connectivity index (χ0n) is 12.8. The second kappa shape index (κ2) is 7.88. The van der Waals surface area contributed by atoms with Crippen molar-refractivity contribution in [1.82, 2.24) is 4.90 Å². The standard InChI is InChI=1S/C16H23NO4/c1-3-17(4-2)16(18)12-19-8-7-13-5-6-14-15(11-13)21-10-9-20-14/h5-6,11H,3-4,7-10,12H2,1-2H3. The molecule has 0 aliphatic carbocycles. The van der Waals surface area contributed by atoms with E-state index in [0.717, 1.165) is 36.6 Å². The van der Waals surface area contributed by atoms with Crippen molar-refractivity contribution >= 4 is 5.91 Å². The largest absolute Gasteiger partial charge is 0.486 e. The van der Waals surface area contributed by atoms with E-state index in [2.05, 4.69) is 0 Å². The van der Waals surface area contributed by atoms with E-state index in [1.54, 1.807) is 4.90 Å². The first-order valence-corrected chi connectivity index (χ1v) is 7.48. The molecule has 1 heterocycles. The molecule has 0 N–H and O–H groups in total. The third kappa shape index (κ3) is 4.36. The number of fused-ring (bicyclic) bond motifs is 1. The molecule has 5 heteroatoms. The van der Waals surface area contributed by atoms with Crippen molar-refractivity contribution < 1.29 is 19.0 Å². The van der Waals surface area contributed by atoms with Gasteiger partial charge in [-0.25, -0.2) is 0 Å². The fourth-order valence-corrected chi connectivity index (χ4v) is 2.26. The number of amides is 1. The summed E-state index contributed by atoms with van der Waals surface area (Å²) in [6.45, 7) is 7.24. The molecule has 1 aliphatic rings. The van der Waals surface area contributed by atoms with Gasteiger partial charge in [-0.15, -0.1) is 0 Å². The number of hydrogen-bond acceptors (Lipinski definition) is 4. The van der Waals surface area contributed by atoms with Crippen LogP contribution in [0.4, 0.5) is 0 Å². The van der Waals surface area contributed by atoms with Crippen molar-refractivity contribution in [3.63, 3.8) is 0 Å². The lowest BCUT2D eigenvalue weighted by atomic mass is 10.1. The van der Waals surface area contributed by atoms with Gasteiger partial charge in [0.1, 0.15) is 19.8 Å². The van der Waals surface area contributed by atoms with E-state index in [1.165, 1.54) is 0 Å². The number of ether oxygens (including phenoxy) is 3. The highest BCUT2D eigenvalue weighted by Crippen LogP contribution is 2.30. The first kappa shape index (κ1) is 15.6. The lowest BCUT2D eigenvalue weighted by Gasteiger charge is -2.19. The predicted molar refractivity (Wildman–Crippen MR) is 79.9 cm³/mol. The fraction of sp³-hybridized carbons (Fsp3) is 0.562. The van der Waals surface area contributed by atoms with Crippen molar-refractivity contribution in [3.8, 4) is 11.5 Å². The molecule has 1 aromatic rings. The summed E-state index contributed by atoms with van der Waals surface area (Å²) in [5, 5.41) is 0. The topological polar surface area (TPSA) is 48.0 Å². The van der Waals surface area contributed by atoms with E-state index < -0.39 is 0 Å². The third-order valence-corrected chi connectivity index (χ3v) is 3.48. The number of rotatable bonds is 7. The predicted octanol–water partition coefficient (Wildman–Crippen LogP) is 1.89. The van der Waals surface area contributed by atoms with E-state index in [4.69, 9.17) is 14.2 Å². The molecule has 1 aromatic carbocycles. The van der Waals surface area contributed by atoms with Crippen LogP contribution in [0.25, 0.3) is 0 Å². The number of carbonyl (C=O) groups excluding carboxylic acids is 1. The Bertz CT molecular complexity index is 471. The van der Waals surface area contributed by atoms with Crippen molar-refractivity contribution in [1.29, 1.82) is 0 Å². The molecule has 1 amide bonds. The molecule has 5 nitrogen and oxygen atoms in total. The summed E-state index contributed by atoms with van der Waals surface area (Å²) in [6.07, 6.45) is 0.752. The summed E-state index contributed by atoms with van der Waals surface area (Å²) in [5.41, 5.74) is 1.12. The molecule has 0 radical (unpaired) electrons. The van der Waals surface area contributed by atoms with Crippen LogP contribution in [0.3, 0.4) is 0 Å². The maximum atomic E-state index is 11.8. The molecule has 21 heavy (non-hydrogen) atoms. The highest BCUT2D eigenvalue weighted by atomic mass is 16.6.